The zero-order valence-corrected chi connectivity index (χ0v) is 19.0. The first-order chi connectivity index (χ1) is 12.8. The SMILES string of the molecule is CN1CCN(C(=O)Cc2ccc(NC(=O)C3CCCCC3(C)N)cc2)CC1.Cl.Cl. The zero-order valence-electron chi connectivity index (χ0n) is 17.4. The fourth-order valence-electron chi connectivity index (χ4n) is 4.07. The van der Waals surface area contributed by atoms with Crippen LogP contribution in [0.5, 0.6) is 0 Å². The predicted octanol–water partition coefficient (Wildman–Crippen LogP) is 2.69. The monoisotopic (exact) mass is 444 g/mol. The van der Waals surface area contributed by atoms with Crippen molar-refractivity contribution in [2.24, 2.45) is 11.7 Å². The summed E-state index contributed by atoms with van der Waals surface area (Å²) in [6, 6.07) is 7.60. The molecule has 0 spiro atoms. The van der Waals surface area contributed by atoms with Gasteiger partial charge in [-0.1, -0.05) is 25.0 Å². The predicted molar refractivity (Wildman–Crippen MR) is 122 cm³/mol. The Hall–Kier alpha value is -1.34. The number of hydrogen-bond acceptors (Lipinski definition) is 4. The van der Waals surface area contributed by atoms with Gasteiger partial charge in [0.1, 0.15) is 0 Å². The molecule has 1 aromatic rings. The molecule has 2 amide bonds. The Morgan fingerprint density at radius 2 is 1.72 bits per heavy atom. The Morgan fingerprint density at radius 1 is 1.10 bits per heavy atom. The second-order valence-electron chi connectivity index (χ2n) is 8.35. The molecule has 3 N–H and O–H groups in total. The van der Waals surface area contributed by atoms with Gasteiger partial charge in [0.05, 0.1) is 12.3 Å². The van der Waals surface area contributed by atoms with Crippen molar-refractivity contribution in [3.8, 4) is 0 Å². The second-order valence-corrected chi connectivity index (χ2v) is 8.35. The number of carbonyl (C=O) groups is 2. The normalized spacial score (nSPS) is 24.8. The zero-order chi connectivity index (χ0) is 19.4. The fraction of sp³-hybridized carbons (Fsp3) is 0.619. The number of benzene rings is 1. The van der Waals surface area contributed by atoms with E-state index in [9.17, 15) is 9.59 Å². The van der Waals surface area contributed by atoms with Crippen LogP contribution < -0.4 is 11.1 Å². The van der Waals surface area contributed by atoms with E-state index in [0.29, 0.717) is 6.42 Å². The van der Waals surface area contributed by atoms with Crippen LogP contribution in [0.1, 0.15) is 38.2 Å². The summed E-state index contributed by atoms with van der Waals surface area (Å²) in [6.45, 7) is 5.42. The Balaban J connectivity index is 0.00000210. The number of amides is 2. The van der Waals surface area contributed by atoms with Gasteiger partial charge in [-0.25, -0.2) is 0 Å². The van der Waals surface area contributed by atoms with Gasteiger partial charge >= 0.3 is 0 Å². The first kappa shape index (κ1) is 25.7. The van der Waals surface area contributed by atoms with Crippen LogP contribution >= 0.6 is 24.8 Å². The van der Waals surface area contributed by atoms with Gasteiger partial charge in [-0.3, -0.25) is 9.59 Å². The highest BCUT2D eigenvalue weighted by Crippen LogP contribution is 2.32. The number of nitrogens with zero attached hydrogens (tertiary/aromatic N) is 2. The lowest BCUT2D eigenvalue weighted by Crippen LogP contribution is -2.51. The van der Waals surface area contributed by atoms with Gasteiger partial charge in [0.2, 0.25) is 11.8 Å². The summed E-state index contributed by atoms with van der Waals surface area (Å²) in [5.74, 6) is 0.0201. The van der Waals surface area contributed by atoms with Gasteiger partial charge in [-0.05, 0) is 44.5 Å². The highest BCUT2D eigenvalue weighted by molar-refractivity contribution is 5.93. The van der Waals surface area contributed by atoms with Crippen molar-refractivity contribution in [2.75, 3.05) is 38.5 Å². The average molecular weight is 445 g/mol. The minimum atomic E-state index is -0.433. The number of rotatable bonds is 4. The number of carbonyl (C=O) groups excluding carboxylic acids is 2. The maximum Gasteiger partial charge on any atom is 0.229 e. The van der Waals surface area contributed by atoms with Gasteiger partial charge in [-0.2, -0.15) is 0 Å². The number of anilines is 1. The van der Waals surface area contributed by atoms with Crippen LogP contribution in [-0.2, 0) is 16.0 Å². The molecule has 1 saturated heterocycles. The average Bonchev–Trinajstić information content (AvgIpc) is 2.63. The molecule has 2 atom stereocenters. The van der Waals surface area contributed by atoms with E-state index in [4.69, 9.17) is 5.73 Å². The van der Waals surface area contributed by atoms with E-state index in [2.05, 4.69) is 17.3 Å². The second kappa shape index (κ2) is 11.2. The van der Waals surface area contributed by atoms with Crippen LogP contribution in [0, 0.1) is 5.92 Å². The molecule has 1 heterocycles. The quantitative estimate of drug-likeness (QED) is 0.747. The molecule has 164 valence electrons. The number of hydrogen-bond donors (Lipinski definition) is 2. The molecule has 3 rings (SSSR count). The molecule has 0 radical (unpaired) electrons. The lowest BCUT2D eigenvalue weighted by molar-refractivity contribution is -0.132. The molecule has 6 nitrogen and oxygen atoms in total. The largest absolute Gasteiger partial charge is 0.340 e. The molecule has 2 unspecified atom stereocenters. The molecule has 29 heavy (non-hydrogen) atoms. The third-order valence-corrected chi connectivity index (χ3v) is 6.00. The molecule has 8 heteroatoms. The molecular formula is C21H34Cl2N4O2. The highest BCUT2D eigenvalue weighted by Gasteiger charge is 2.37. The fourth-order valence-corrected chi connectivity index (χ4v) is 4.07. The lowest BCUT2D eigenvalue weighted by atomic mass is 9.74. The van der Waals surface area contributed by atoms with Gasteiger partial charge in [0.15, 0.2) is 0 Å². The van der Waals surface area contributed by atoms with Crippen LogP contribution in [0.3, 0.4) is 0 Å². The van der Waals surface area contributed by atoms with Gasteiger partial charge in [0, 0.05) is 37.4 Å². The van der Waals surface area contributed by atoms with Gasteiger partial charge < -0.3 is 20.9 Å². The molecule has 2 fully saturated rings. The topological polar surface area (TPSA) is 78.7 Å². The Morgan fingerprint density at radius 3 is 2.31 bits per heavy atom. The van der Waals surface area contributed by atoms with E-state index in [-0.39, 0.29) is 42.5 Å². The first-order valence-electron chi connectivity index (χ1n) is 10.0. The summed E-state index contributed by atoms with van der Waals surface area (Å²) in [5.41, 5.74) is 7.63. The Bertz CT molecular complexity index is 674. The number of piperazine rings is 1. The van der Waals surface area contributed by atoms with E-state index < -0.39 is 5.54 Å². The minimum Gasteiger partial charge on any atom is -0.340 e. The third kappa shape index (κ3) is 6.85. The Labute approximate surface area is 186 Å². The summed E-state index contributed by atoms with van der Waals surface area (Å²) >= 11 is 0. The summed E-state index contributed by atoms with van der Waals surface area (Å²) in [6.07, 6.45) is 4.28. The van der Waals surface area contributed by atoms with Crippen LogP contribution in [0.15, 0.2) is 24.3 Å². The molecule has 1 aromatic carbocycles. The molecule has 0 aromatic heterocycles. The van der Waals surface area contributed by atoms with Crippen LogP contribution in [0.25, 0.3) is 0 Å². The van der Waals surface area contributed by atoms with E-state index >= 15 is 0 Å². The van der Waals surface area contributed by atoms with Crippen molar-refractivity contribution in [1.29, 1.82) is 0 Å². The van der Waals surface area contributed by atoms with Crippen molar-refractivity contribution in [2.45, 2.75) is 44.6 Å². The lowest BCUT2D eigenvalue weighted by Gasteiger charge is -2.37. The third-order valence-electron chi connectivity index (χ3n) is 6.00. The van der Waals surface area contributed by atoms with Gasteiger partial charge in [-0.15, -0.1) is 24.8 Å². The smallest absolute Gasteiger partial charge is 0.229 e. The summed E-state index contributed by atoms with van der Waals surface area (Å²) in [4.78, 5) is 29.2. The number of nitrogens with one attached hydrogen (secondary N) is 1. The van der Waals surface area contributed by atoms with Crippen molar-refractivity contribution in [3.05, 3.63) is 29.8 Å². The van der Waals surface area contributed by atoms with E-state index in [1.807, 2.05) is 36.1 Å². The number of nitrogens with two attached hydrogens (primary N) is 1. The summed E-state index contributed by atoms with van der Waals surface area (Å²) < 4.78 is 0. The van der Waals surface area contributed by atoms with Crippen LogP contribution in [-0.4, -0.2) is 60.4 Å². The summed E-state index contributed by atoms with van der Waals surface area (Å²) in [5, 5.41) is 3.00. The van der Waals surface area contributed by atoms with E-state index in [0.717, 1.165) is 63.1 Å². The molecule has 2 aliphatic rings. The highest BCUT2D eigenvalue weighted by atomic mass is 35.5. The van der Waals surface area contributed by atoms with Crippen molar-refractivity contribution < 1.29 is 9.59 Å². The van der Waals surface area contributed by atoms with Crippen molar-refractivity contribution in [1.82, 2.24) is 9.80 Å². The number of halogens is 2. The van der Waals surface area contributed by atoms with Crippen molar-refractivity contribution >= 4 is 42.3 Å². The molecule has 1 saturated carbocycles. The number of likely N-dealkylation sites (N-methyl/N-ethyl adjacent to an activating group) is 1. The van der Waals surface area contributed by atoms with Crippen LogP contribution in [0.4, 0.5) is 5.69 Å². The Kier molecular flexibility index (Phi) is 9.89. The molecule has 1 aliphatic carbocycles. The summed E-state index contributed by atoms with van der Waals surface area (Å²) in [7, 11) is 2.08. The maximum atomic E-state index is 12.6. The van der Waals surface area contributed by atoms with Gasteiger partial charge in [0.25, 0.3) is 0 Å². The van der Waals surface area contributed by atoms with E-state index in [1.54, 1.807) is 0 Å². The maximum absolute atomic E-state index is 12.6. The first-order valence-corrected chi connectivity index (χ1v) is 10.0. The molecule has 0 bridgehead atoms. The standard InChI is InChI=1S/C21H32N4O2.2ClH/c1-21(22)10-4-3-5-18(21)20(27)23-17-8-6-16(7-9-17)15-19(26)25-13-11-24(2)12-14-25;;/h6-9,18H,3-5,10-15,22H2,1-2H3,(H,23,27);2*1H. The molecule has 1 aliphatic heterocycles. The minimum absolute atomic E-state index is 0. The van der Waals surface area contributed by atoms with Crippen LogP contribution in [0.2, 0.25) is 0 Å². The van der Waals surface area contributed by atoms with E-state index in [1.165, 1.54) is 0 Å². The molecular weight excluding hydrogens is 411 g/mol. The van der Waals surface area contributed by atoms with Crippen molar-refractivity contribution in [3.63, 3.8) is 0 Å².